The summed E-state index contributed by atoms with van der Waals surface area (Å²) in [5, 5.41) is 2.78. The largest absolute Gasteiger partial charge is 0.381 e. The molecule has 1 aromatic rings. The van der Waals surface area contributed by atoms with Crippen molar-refractivity contribution < 1.29 is 14.3 Å². The Balaban J connectivity index is 1.36. The van der Waals surface area contributed by atoms with E-state index < -0.39 is 0 Å². The van der Waals surface area contributed by atoms with Crippen molar-refractivity contribution in [2.24, 2.45) is 23.7 Å². The van der Waals surface area contributed by atoms with Gasteiger partial charge in [-0.3, -0.25) is 14.6 Å². The number of carbonyl (C=O) groups excluding carboxylic acids is 2. The lowest BCUT2D eigenvalue weighted by Gasteiger charge is -2.32. The molecule has 1 N–H and O–H groups in total. The maximum atomic E-state index is 12.3. The third kappa shape index (κ3) is 3.26. The van der Waals surface area contributed by atoms with Gasteiger partial charge in [0.1, 0.15) is 0 Å². The fraction of sp³-hybridized carbons (Fsp3) is 0.647. The molecule has 1 saturated carbocycles. The van der Waals surface area contributed by atoms with Crippen LogP contribution in [0.1, 0.15) is 19.3 Å². The molecular formula is C17H22N4O3. The zero-order valence-corrected chi connectivity index (χ0v) is 13.6. The number of likely N-dealkylation sites (tertiary alicyclic amines) is 1. The van der Waals surface area contributed by atoms with E-state index in [2.05, 4.69) is 15.3 Å². The van der Waals surface area contributed by atoms with Gasteiger partial charge in [-0.2, -0.15) is 0 Å². The summed E-state index contributed by atoms with van der Waals surface area (Å²) in [6.07, 6.45) is 7.11. The van der Waals surface area contributed by atoms with Crippen LogP contribution in [-0.2, 0) is 14.3 Å². The highest BCUT2D eigenvalue weighted by atomic mass is 16.5. The molecule has 3 atom stereocenters. The van der Waals surface area contributed by atoms with Crippen LogP contribution in [0, 0.1) is 23.7 Å². The standard InChI is InChI=1S/C17H22N4O3/c22-16(20-15-6-18-3-4-19-15)5-12-9-24-10-13-7-21(8-14(12)13)17(23)11-1-2-11/h3-4,6,11-14H,1-2,5,7-10H2,(H,19,20,22)/t12-,13-,14+/m1/s1. The third-order valence-corrected chi connectivity index (χ3v) is 5.28. The van der Waals surface area contributed by atoms with Gasteiger partial charge in [0.15, 0.2) is 5.82 Å². The lowest BCUT2D eigenvalue weighted by molar-refractivity contribution is -0.131. The maximum absolute atomic E-state index is 12.3. The number of amides is 2. The second-order valence-corrected chi connectivity index (χ2v) is 7.08. The SMILES string of the molecule is O=C(C[C@@H]1COC[C@H]2CN(C(=O)C3CC3)C[C@@H]12)Nc1cnccn1. The second-order valence-electron chi connectivity index (χ2n) is 7.08. The predicted molar refractivity (Wildman–Crippen MR) is 85.9 cm³/mol. The second kappa shape index (κ2) is 6.47. The van der Waals surface area contributed by atoms with Gasteiger partial charge >= 0.3 is 0 Å². The number of hydrogen-bond acceptors (Lipinski definition) is 5. The van der Waals surface area contributed by atoms with E-state index in [9.17, 15) is 9.59 Å². The Morgan fingerprint density at radius 3 is 2.88 bits per heavy atom. The highest BCUT2D eigenvalue weighted by Gasteiger charge is 2.45. The number of fused-ring (bicyclic) bond motifs is 1. The van der Waals surface area contributed by atoms with Crippen LogP contribution in [0.3, 0.4) is 0 Å². The lowest BCUT2D eigenvalue weighted by atomic mass is 9.81. The number of nitrogens with one attached hydrogen (secondary N) is 1. The number of carbonyl (C=O) groups is 2. The number of hydrogen-bond donors (Lipinski definition) is 1. The molecule has 2 amide bonds. The fourth-order valence-electron chi connectivity index (χ4n) is 3.88. The van der Waals surface area contributed by atoms with Crippen LogP contribution in [-0.4, -0.2) is 53.0 Å². The van der Waals surface area contributed by atoms with E-state index in [0.29, 0.717) is 43.2 Å². The van der Waals surface area contributed by atoms with Gasteiger partial charge in [-0.25, -0.2) is 4.98 Å². The molecule has 0 spiro atoms. The summed E-state index contributed by atoms with van der Waals surface area (Å²) < 4.78 is 5.71. The molecule has 0 bridgehead atoms. The van der Waals surface area contributed by atoms with Crippen molar-refractivity contribution in [2.75, 3.05) is 31.6 Å². The van der Waals surface area contributed by atoms with Crippen molar-refractivity contribution in [3.8, 4) is 0 Å². The number of rotatable bonds is 4. The van der Waals surface area contributed by atoms with E-state index in [4.69, 9.17) is 4.74 Å². The van der Waals surface area contributed by atoms with Crippen LogP contribution in [0.4, 0.5) is 5.82 Å². The summed E-state index contributed by atoms with van der Waals surface area (Å²) >= 11 is 0. The Morgan fingerprint density at radius 2 is 2.12 bits per heavy atom. The molecule has 24 heavy (non-hydrogen) atoms. The van der Waals surface area contributed by atoms with Gasteiger partial charge in [-0.05, 0) is 24.7 Å². The van der Waals surface area contributed by atoms with Crippen LogP contribution >= 0.6 is 0 Å². The Hall–Kier alpha value is -2.02. The first-order chi connectivity index (χ1) is 11.7. The molecule has 128 valence electrons. The first kappa shape index (κ1) is 15.5. The topological polar surface area (TPSA) is 84.4 Å². The summed E-state index contributed by atoms with van der Waals surface area (Å²) in [7, 11) is 0. The summed E-state index contributed by atoms with van der Waals surface area (Å²) in [4.78, 5) is 34.6. The minimum absolute atomic E-state index is 0.0725. The molecular weight excluding hydrogens is 308 g/mol. The van der Waals surface area contributed by atoms with E-state index >= 15 is 0 Å². The van der Waals surface area contributed by atoms with Crippen LogP contribution in [0.5, 0.6) is 0 Å². The zero-order chi connectivity index (χ0) is 16.5. The van der Waals surface area contributed by atoms with Gasteiger partial charge < -0.3 is 15.0 Å². The number of aromatic nitrogens is 2. The molecule has 7 nitrogen and oxygen atoms in total. The number of nitrogens with zero attached hydrogens (tertiary/aromatic N) is 3. The molecule has 2 saturated heterocycles. The molecule has 0 unspecified atom stereocenters. The summed E-state index contributed by atoms with van der Waals surface area (Å²) in [6.45, 7) is 2.83. The van der Waals surface area contributed by atoms with E-state index in [-0.39, 0.29) is 17.7 Å². The average Bonchev–Trinajstić information content (AvgIpc) is 3.34. The molecule has 1 aliphatic carbocycles. The molecule has 2 aliphatic heterocycles. The zero-order valence-electron chi connectivity index (χ0n) is 13.6. The molecule has 4 rings (SSSR count). The number of anilines is 1. The molecule has 3 heterocycles. The van der Waals surface area contributed by atoms with Crippen LogP contribution < -0.4 is 5.32 Å². The molecule has 0 aromatic carbocycles. The van der Waals surface area contributed by atoms with Crippen molar-refractivity contribution in [3.05, 3.63) is 18.6 Å². The van der Waals surface area contributed by atoms with E-state index in [0.717, 1.165) is 25.9 Å². The van der Waals surface area contributed by atoms with Gasteiger partial charge in [0.05, 0.1) is 19.4 Å². The third-order valence-electron chi connectivity index (χ3n) is 5.28. The summed E-state index contributed by atoms with van der Waals surface area (Å²) in [6, 6.07) is 0. The Bertz CT molecular complexity index is 620. The van der Waals surface area contributed by atoms with E-state index in [1.54, 1.807) is 12.4 Å². The lowest BCUT2D eigenvalue weighted by Crippen LogP contribution is -2.37. The van der Waals surface area contributed by atoms with Gasteiger partial charge in [0.2, 0.25) is 11.8 Å². The fourth-order valence-corrected chi connectivity index (χ4v) is 3.88. The smallest absolute Gasteiger partial charge is 0.225 e. The monoisotopic (exact) mass is 330 g/mol. The number of ether oxygens (including phenoxy) is 1. The van der Waals surface area contributed by atoms with Crippen LogP contribution in [0.25, 0.3) is 0 Å². The molecule has 3 aliphatic rings. The summed E-state index contributed by atoms with van der Waals surface area (Å²) in [5.41, 5.74) is 0. The van der Waals surface area contributed by atoms with Gasteiger partial charge in [0, 0.05) is 43.7 Å². The Labute approximate surface area is 140 Å². The molecule has 1 aromatic heterocycles. The van der Waals surface area contributed by atoms with Crippen molar-refractivity contribution in [3.63, 3.8) is 0 Å². The first-order valence-corrected chi connectivity index (χ1v) is 8.63. The molecule has 0 radical (unpaired) electrons. The van der Waals surface area contributed by atoms with Crippen molar-refractivity contribution in [1.29, 1.82) is 0 Å². The Kier molecular flexibility index (Phi) is 4.18. The highest BCUT2D eigenvalue weighted by molar-refractivity contribution is 5.89. The van der Waals surface area contributed by atoms with Crippen molar-refractivity contribution in [1.82, 2.24) is 14.9 Å². The molecule has 3 fully saturated rings. The summed E-state index contributed by atoms with van der Waals surface area (Å²) in [5.74, 6) is 1.81. The minimum Gasteiger partial charge on any atom is -0.381 e. The first-order valence-electron chi connectivity index (χ1n) is 8.63. The minimum atomic E-state index is -0.0725. The van der Waals surface area contributed by atoms with E-state index in [1.807, 2.05) is 4.90 Å². The highest BCUT2D eigenvalue weighted by Crippen LogP contribution is 2.39. The van der Waals surface area contributed by atoms with Crippen molar-refractivity contribution >= 4 is 17.6 Å². The maximum Gasteiger partial charge on any atom is 0.225 e. The average molecular weight is 330 g/mol. The quantitative estimate of drug-likeness (QED) is 0.888. The van der Waals surface area contributed by atoms with Gasteiger partial charge in [0.25, 0.3) is 0 Å². The molecule has 7 heteroatoms. The Morgan fingerprint density at radius 1 is 1.25 bits per heavy atom. The van der Waals surface area contributed by atoms with Gasteiger partial charge in [-0.15, -0.1) is 0 Å². The van der Waals surface area contributed by atoms with Crippen LogP contribution in [0.2, 0.25) is 0 Å². The normalized spacial score (nSPS) is 29.2. The van der Waals surface area contributed by atoms with E-state index in [1.165, 1.54) is 6.20 Å². The van der Waals surface area contributed by atoms with Gasteiger partial charge in [-0.1, -0.05) is 0 Å². The van der Waals surface area contributed by atoms with Crippen LogP contribution in [0.15, 0.2) is 18.6 Å². The van der Waals surface area contributed by atoms with Crippen molar-refractivity contribution in [2.45, 2.75) is 19.3 Å². The predicted octanol–water partition coefficient (Wildman–Crippen LogP) is 0.936.